The van der Waals surface area contributed by atoms with Crippen LogP contribution in [-0.2, 0) is 11.8 Å². The summed E-state index contributed by atoms with van der Waals surface area (Å²) in [5.41, 5.74) is 1.64. The highest BCUT2D eigenvalue weighted by atomic mass is 79.9. The van der Waals surface area contributed by atoms with Gasteiger partial charge in [0, 0.05) is 43.4 Å². The number of aryl methyl sites for hydroxylation is 1. The first-order valence-corrected chi connectivity index (χ1v) is 9.55. The molecule has 1 N–H and O–H groups in total. The molecule has 1 aliphatic heterocycles. The van der Waals surface area contributed by atoms with Gasteiger partial charge < -0.3 is 10.2 Å². The lowest BCUT2D eigenvalue weighted by atomic mass is 10.2. The van der Waals surface area contributed by atoms with E-state index in [1.165, 1.54) is 0 Å². The average molecular weight is 430 g/mol. The predicted octanol–water partition coefficient (Wildman–Crippen LogP) is 1.89. The summed E-state index contributed by atoms with van der Waals surface area (Å²) >= 11 is 3.39. The van der Waals surface area contributed by atoms with E-state index in [1.807, 2.05) is 37.5 Å². The Balaban J connectivity index is 1.34. The molecule has 140 valence electrons. The number of benzene rings is 1. The number of anilines is 2. The lowest BCUT2D eigenvalue weighted by Crippen LogP contribution is -2.49. The Labute approximate surface area is 165 Å². The summed E-state index contributed by atoms with van der Waals surface area (Å²) in [6.07, 6.45) is 3.39. The SMILES string of the molecule is Cn1ncc2c(N3CCN(CC(=O)Nc4ccc(Br)cc4)CC3)ncnc21. The molecule has 1 fully saturated rings. The molecule has 1 amide bonds. The highest BCUT2D eigenvalue weighted by Crippen LogP contribution is 2.23. The van der Waals surface area contributed by atoms with Gasteiger partial charge in [0.2, 0.25) is 5.91 Å². The number of halogens is 1. The summed E-state index contributed by atoms with van der Waals surface area (Å²) in [5.74, 6) is 0.912. The van der Waals surface area contributed by atoms with E-state index < -0.39 is 0 Å². The molecule has 3 heterocycles. The van der Waals surface area contributed by atoms with Gasteiger partial charge in [-0.05, 0) is 24.3 Å². The second-order valence-corrected chi connectivity index (χ2v) is 7.44. The Bertz CT molecular complexity index is 948. The first kappa shape index (κ1) is 17.9. The summed E-state index contributed by atoms with van der Waals surface area (Å²) in [4.78, 5) is 25.4. The van der Waals surface area contributed by atoms with Crippen LogP contribution in [0.5, 0.6) is 0 Å². The van der Waals surface area contributed by atoms with Crippen LogP contribution in [0, 0.1) is 0 Å². The van der Waals surface area contributed by atoms with E-state index in [2.05, 4.69) is 46.1 Å². The topological polar surface area (TPSA) is 79.2 Å². The van der Waals surface area contributed by atoms with Gasteiger partial charge in [0.25, 0.3) is 0 Å². The van der Waals surface area contributed by atoms with Crippen molar-refractivity contribution in [1.29, 1.82) is 0 Å². The number of nitrogens with zero attached hydrogens (tertiary/aromatic N) is 6. The number of fused-ring (bicyclic) bond motifs is 1. The van der Waals surface area contributed by atoms with Crippen LogP contribution >= 0.6 is 15.9 Å². The molecule has 8 nitrogen and oxygen atoms in total. The highest BCUT2D eigenvalue weighted by molar-refractivity contribution is 9.10. The zero-order valence-corrected chi connectivity index (χ0v) is 16.6. The largest absolute Gasteiger partial charge is 0.353 e. The van der Waals surface area contributed by atoms with E-state index in [9.17, 15) is 4.79 Å². The maximum absolute atomic E-state index is 12.3. The summed E-state index contributed by atoms with van der Waals surface area (Å²) < 4.78 is 2.74. The van der Waals surface area contributed by atoms with Crippen molar-refractivity contribution < 1.29 is 4.79 Å². The van der Waals surface area contributed by atoms with E-state index >= 15 is 0 Å². The number of piperazine rings is 1. The number of hydrogen-bond donors (Lipinski definition) is 1. The highest BCUT2D eigenvalue weighted by Gasteiger charge is 2.22. The fraction of sp³-hybridized carbons (Fsp3) is 0.333. The van der Waals surface area contributed by atoms with E-state index in [-0.39, 0.29) is 5.91 Å². The van der Waals surface area contributed by atoms with Gasteiger partial charge in [-0.3, -0.25) is 14.4 Å². The van der Waals surface area contributed by atoms with Gasteiger partial charge in [-0.1, -0.05) is 15.9 Å². The zero-order valence-electron chi connectivity index (χ0n) is 15.0. The maximum atomic E-state index is 12.3. The molecular weight excluding hydrogens is 410 g/mol. The Morgan fingerprint density at radius 2 is 1.89 bits per heavy atom. The van der Waals surface area contributed by atoms with Crippen LogP contribution in [-0.4, -0.2) is 63.3 Å². The summed E-state index contributed by atoms with van der Waals surface area (Å²) in [5, 5.41) is 8.17. The minimum absolute atomic E-state index is 0.00228. The quantitative estimate of drug-likeness (QED) is 0.681. The third-order valence-electron chi connectivity index (χ3n) is 4.68. The van der Waals surface area contributed by atoms with E-state index in [0.717, 1.165) is 53.2 Å². The fourth-order valence-electron chi connectivity index (χ4n) is 3.26. The molecule has 3 aromatic rings. The van der Waals surface area contributed by atoms with Gasteiger partial charge in [-0.2, -0.15) is 5.10 Å². The molecule has 0 unspecified atom stereocenters. The van der Waals surface area contributed by atoms with Crippen LogP contribution in [0.2, 0.25) is 0 Å². The van der Waals surface area contributed by atoms with Crippen LogP contribution in [0.3, 0.4) is 0 Å². The molecule has 27 heavy (non-hydrogen) atoms. The number of hydrogen-bond acceptors (Lipinski definition) is 6. The molecule has 0 saturated carbocycles. The maximum Gasteiger partial charge on any atom is 0.238 e. The molecule has 0 spiro atoms. The second kappa shape index (κ2) is 7.61. The van der Waals surface area contributed by atoms with Crippen LogP contribution in [0.1, 0.15) is 0 Å². The molecule has 1 aliphatic rings. The van der Waals surface area contributed by atoms with Crippen molar-refractivity contribution in [1.82, 2.24) is 24.6 Å². The van der Waals surface area contributed by atoms with Crippen LogP contribution in [0.25, 0.3) is 11.0 Å². The van der Waals surface area contributed by atoms with Gasteiger partial charge >= 0.3 is 0 Å². The third kappa shape index (κ3) is 3.93. The summed E-state index contributed by atoms with van der Waals surface area (Å²) in [6, 6.07) is 7.59. The first-order chi connectivity index (χ1) is 13.1. The van der Waals surface area contributed by atoms with Gasteiger partial charge in [0.05, 0.1) is 18.1 Å². The number of aromatic nitrogens is 4. The number of nitrogens with one attached hydrogen (secondary N) is 1. The van der Waals surface area contributed by atoms with Crippen molar-refractivity contribution >= 4 is 44.4 Å². The van der Waals surface area contributed by atoms with Crippen molar-refractivity contribution in [2.24, 2.45) is 7.05 Å². The smallest absolute Gasteiger partial charge is 0.238 e. The molecule has 9 heteroatoms. The lowest BCUT2D eigenvalue weighted by Gasteiger charge is -2.35. The molecule has 1 saturated heterocycles. The van der Waals surface area contributed by atoms with Gasteiger partial charge in [0.15, 0.2) is 5.65 Å². The molecule has 0 radical (unpaired) electrons. The standard InChI is InChI=1S/C18H20BrN7O/c1-24-17-15(10-22-24)18(21-12-20-17)26-8-6-25(7-9-26)11-16(27)23-14-4-2-13(19)3-5-14/h2-5,10,12H,6-9,11H2,1H3,(H,23,27). The number of carbonyl (C=O) groups is 1. The minimum Gasteiger partial charge on any atom is -0.353 e. The Morgan fingerprint density at radius 3 is 2.63 bits per heavy atom. The summed E-state index contributed by atoms with van der Waals surface area (Å²) in [7, 11) is 1.88. The number of carbonyl (C=O) groups excluding carboxylic acids is 1. The van der Waals surface area contributed by atoms with Crippen LogP contribution in [0.15, 0.2) is 41.3 Å². The third-order valence-corrected chi connectivity index (χ3v) is 5.20. The molecule has 0 aliphatic carbocycles. The summed E-state index contributed by atoms with van der Waals surface area (Å²) in [6.45, 7) is 3.62. The second-order valence-electron chi connectivity index (χ2n) is 6.52. The van der Waals surface area contributed by atoms with Crippen LogP contribution in [0.4, 0.5) is 11.5 Å². The molecule has 0 atom stereocenters. The molecule has 0 bridgehead atoms. The van der Waals surface area contributed by atoms with Crippen molar-refractivity contribution in [3.05, 3.63) is 41.3 Å². The predicted molar refractivity (Wildman–Crippen MR) is 108 cm³/mol. The van der Waals surface area contributed by atoms with Gasteiger partial charge in [-0.15, -0.1) is 0 Å². The Hall–Kier alpha value is -2.52. The first-order valence-electron chi connectivity index (χ1n) is 8.75. The van der Waals surface area contributed by atoms with Crippen molar-refractivity contribution in [3.63, 3.8) is 0 Å². The molecule has 4 rings (SSSR count). The van der Waals surface area contributed by atoms with Crippen molar-refractivity contribution in [2.75, 3.05) is 42.9 Å². The fourth-order valence-corrected chi connectivity index (χ4v) is 3.52. The number of rotatable bonds is 4. The molecular formula is C18H20BrN7O. The lowest BCUT2D eigenvalue weighted by molar-refractivity contribution is -0.117. The van der Waals surface area contributed by atoms with Gasteiger partial charge in [-0.25, -0.2) is 9.97 Å². The molecule has 2 aromatic heterocycles. The Kier molecular flexibility index (Phi) is 5.04. The number of amides is 1. The monoisotopic (exact) mass is 429 g/mol. The molecule has 1 aromatic carbocycles. The van der Waals surface area contributed by atoms with E-state index in [1.54, 1.807) is 11.0 Å². The minimum atomic E-state index is 0.00228. The normalized spacial score (nSPS) is 15.3. The Morgan fingerprint density at radius 1 is 1.15 bits per heavy atom. The van der Waals surface area contributed by atoms with E-state index in [4.69, 9.17) is 0 Å². The van der Waals surface area contributed by atoms with Gasteiger partial charge in [0.1, 0.15) is 12.1 Å². The zero-order chi connectivity index (χ0) is 18.8. The van der Waals surface area contributed by atoms with Crippen LogP contribution < -0.4 is 10.2 Å². The van der Waals surface area contributed by atoms with Crippen molar-refractivity contribution in [2.45, 2.75) is 0 Å². The van der Waals surface area contributed by atoms with E-state index in [0.29, 0.717) is 6.54 Å². The van der Waals surface area contributed by atoms with Crippen molar-refractivity contribution in [3.8, 4) is 0 Å². The average Bonchev–Trinajstić information content (AvgIpc) is 3.06.